The zero-order valence-corrected chi connectivity index (χ0v) is 12.8. The first kappa shape index (κ1) is 13.7. The van der Waals surface area contributed by atoms with E-state index in [9.17, 15) is 0 Å². The summed E-state index contributed by atoms with van der Waals surface area (Å²) in [6.07, 6.45) is 2.33. The Morgan fingerprint density at radius 3 is 2.72 bits per heavy atom. The Morgan fingerprint density at radius 2 is 2.17 bits per heavy atom. The Hall–Kier alpha value is -0.740. The SMILES string of the molecule is CCOc1cc(OC)c(Br)cc1C1(C)CCCN1. The first-order chi connectivity index (χ1) is 8.60. The normalized spacial score (nSPS) is 23.1. The maximum atomic E-state index is 5.77. The second-order valence-corrected chi connectivity index (χ2v) is 5.63. The van der Waals surface area contributed by atoms with Gasteiger partial charge in [-0.15, -0.1) is 0 Å². The Labute approximate surface area is 117 Å². The molecule has 1 N–H and O–H groups in total. The Kier molecular flexibility index (Phi) is 4.17. The van der Waals surface area contributed by atoms with Gasteiger partial charge in [0.25, 0.3) is 0 Å². The molecule has 1 atom stereocenters. The molecule has 0 radical (unpaired) electrons. The summed E-state index contributed by atoms with van der Waals surface area (Å²) in [5.74, 6) is 1.72. The third-order valence-electron chi connectivity index (χ3n) is 3.52. The number of methoxy groups -OCH3 is 1. The Balaban J connectivity index is 2.47. The summed E-state index contributed by atoms with van der Waals surface area (Å²) >= 11 is 3.56. The summed E-state index contributed by atoms with van der Waals surface area (Å²) in [6.45, 7) is 5.96. The molecule has 3 nitrogen and oxygen atoms in total. The number of rotatable bonds is 4. The van der Waals surface area contributed by atoms with Gasteiger partial charge in [0.1, 0.15) is 11.5 Å². The molecule has 0 saturated carbocycles. The van der Waals surface area contributed by atoms with Gasteiger partial charge in [0, 0.05) is 17.2 Å². The van der Waals surface area contributed by atoms with Crippen molar-refractivity contribution in [1.29, 1.82) is 0 Å². The lowest BCUT2D eigenvalue weighted by Crippen LogP contribution is -2.33. The highest BCUT2D eigenvalue weighted by atomic mass is 79.9. The predicted octanol–water partition coefficient (Wildman–Crippen LogP) is 3.46. The van der Waals surface area contributed by atoms with E-state index >= 15 is 0 Å². The molecule has 0 spiro atoms. The van der Waals surface area contributed by atoms with E-state index in [1.165, 1.54) is 12.0 Å². The summed E-state index contributed by atoms with van der Waals surface area (Å²) in [5, 5.41) is 3.57. The fourth-order valence-corrected chi connectivity index (χ4v) is 3.03. The molecule has 1 aliphatic heterocycles. The first-order valence-electron chi connectivity index (χ1n) is 6.36. The van der Waals surface area contributed by atoms with Crippen molar-refractivity contribution in [2.45, 2.75) is 32.2 Å². The van der Waals surface area contributed by atoms with Crippen molar-refractivity contribution in [3.05, 3.63) is 22.2 Å². The number of benzene rings is 1. The van der Waals surface area contributed by atoms with Gasteiger partial charge >= 0.3 is 0 Å². The van der Waals surface area contributed by atoms with Crippen LogP contribution in [0, 0.1) is 0 Å². The van der Waals surface area contributed by atoms with E-state index in [2.05, 4.69) is 34.2 Å². The fourth-order valence-electron chi connectivity index (χ4n) is 2.52. The molecular formula is C14H20BrNO2. The van der Waals surface area contributed by atoms with Crippen molar-refractivity contribution in [2.24, 2.45) is 0 Å². The predicted molar refractivity (Wildman–Crippen MR) is 76.5 cm³/mol. The van der Waals surface area contributed by atoms with Gasteiger partial charge in [-0.3, -0.25) is 0 Å². The lowest BCUT2D eigenvalue weighted by atomic mass is 9.89. The molecule has 0 bridgehead atoms. The van der Waals surface area contributed by atoms with Crippen LogP contribution in [0.3, 0.4) is 0 Å². The molecule has 1 unspecified atom stereocenters. The smallest absolute Gasteiger partial charge is 0.136 e. The van der Waals surface area contributed by atoms with Gasteiger partial charge in [-0.1, -0.05) is 0 Å². The molecule has 1 aromatic carbocycles. The molecule has 0 aromatic heterocycles. The Bertz CT molecular complexity index is 428. The van der Waals surface area contributed by atoms with Gasteiger partial charge in [0.05, 0.1) is 18.2 Å². The van der Waals surface area contributed by atoms with Crippen molar-refractivity contribution < 1.29 is 9.47 Å². The van der Waals surface area contributed by atoms with Crippen LogP contribution in [0.15, 0.2) is 16.6 Å². The second kappa shape index (κ2) is 5.49. The topological polar surface area (TPSA) is 30.5 Å². The highest BCUT2D eigenvalue weighted by molar-refractivity contribution is 9.10. The quantitative estimate of drug-likeness (QED) is 0.923. The number of hydrogen-bond donors (Lipinski definition) is 1. The first-order valence-corrected chi connectivity index (χ1v) is 7.16. The van der Waals surface area contributed by atoms with Gasteiger partial charge in [0.2, 0.25) is 0 Å². The van der Waals surface area contributed by atoms with Crippen molar-refractivity contribution in [1.82, 2.24) is 5.32 Å². The van der Waals surface area contributed by atoms with Crippen molar-refractivity contribution in [3.63, 3.8) is 0 Å². The molecule has 1 fully saturated rings. The molecule has 4 heteroatoms. The lowest BCUT2D eigenvalue weighted by molar-refractivity contribution is 0.315. The maximum Gasteiger partial charge on any atom is 0.136 e. The van der Waals surface area contributed by atoms with Crippen LogP contribution in [0.5, 0.6) is 11.5 Å². The molecule has 100 valence electrons. The van der Waals surface area contributed by atoms with Crippen LogP contribution >= 0.6 is 15.9 Å². The van der Waals surface area contributed by atoms with Crippen molar-refractivity contribution >= 4 is 15.9 Å². The molecule has 1 aliphatic rings. The number of ether oxygens (including phenoxy) is 2. The van der Waals surface area contributed by atoms with Crippen LogP contribution in [0.4, 0.5) is 0 Å². The average molecular weight is 314 g/mol. The van der Waals surface area contributed by atoms with E-state index in [0.717, 1.165) is 28.9 Å². The molecular weight excluding hydrogens is 294 g/mol. The van der Waals surface area contributed by atoms with Crippen LogP contribution in [0.1, 0.15) is 32.3 Å². The van der Waals surface area contributed by atoms with E-state index in [-0.39, 0.29) is 5.54 Å². The van der Waals surface area contributed by atoms with Crippen LogP contribution < -0.4 is 14.8 Å². The van der Waals surface area contributed by atoms with Crippen LogP contribution in [-0.4, -0.2) is 20.3 Å². The monoisotopic (exact) mass is 313 g/mol. The summed E-state index contributed by atoms with van der Waals surface area (Å²) < 4.78 is 12.1. The van der Waals surface area contributed by atoms with Crippen molar-refractivity contribution in [2.75, 3.05) is 20.3 Å². The summed E-state index contributed by atoms with van der Waals surface area (Å²) in [5.41, 5.74) is 1.20. The Morgan fingerprint density at radius 1 is 1.39 bits per heavy atom. The van der Waals surface area contributed by atoms with Crippen molar-refractivity contribution in [3.8, 4) is 11.5 Å². The third-order valence-corrected chi connectivity index (χ3v) is 4.14. The molecule has 18 heavy (non-hydrogen) atoms. The molecule has 0 aliphatic carbocycles. The molecule has 2 rings (SSSR count). The van der Waals surface area contributed by atoms with E-state index in [1.807, 2.05) is 13.0 Å². The third kappa shape index (κ3) is 2.50. The zero-order chi connectivity index (χ0) is 13.2. The van der Waals surface area contributed by atoms with Gasteiger partial charge < -0.3 is 14.8 Å². The van der Waals surface area contributed by atoms with E-state index < -0.39 is 0 Å². The van der Waals surface area contributed by atoms with Crippen LogP contribution in [0.2, 0.25) is 0 Å². The molecule has 1 heterocycles. The van der Waals surface area contributed by atoms with E-state index in [0.29, 0.717) is 6.61 Å². The molecule has 1 aromatic rings. The fraction of sp³-hybridized carbons (Fsp3) is 0.571. The van der Waals surface area contributed by atoms with Gasteiger partial charge in [-0.25, -0.2) is 0 Å². The summed E-state index contributed by atoms with van der Waals surface area (Å²) in [4.78, 5) is 0. The number of hydrogen-bond acceptors (Lipinski definition) is 3. The largest absolute Gasteiger partial charge is 0.495 e. The zero-order valence-electron chi connectivity index (χ0n) is 11.2. The van der Waals surface area contributed by atoms with E-state index in [4.69, 9.17) is 9.47 Å². The number of nitrogens with one attached hydrogen (secondary N) is 1. The van der Waals surface area contributed by atoms with Gasteiger partial charge in [0.15, 0.2) is 0 Å². The van der Waals surface area contributed by atoms with Gasteiger partial charge in [-0.05, 0) is 55.2 Å². The second-order valence-electron chi connectivity index (χ2n) is 4.78. The minimum atomic E-state index is -0.000700. The highest BCUT2D eigenvalue weighted by Gasteiger charge is 2.33. The van der Waals surface area contributed by atoms with Crippen LogP contribution in [-0.2, 0) is 5.54 Å². The summed E-state index contributed by atoms with van der Waals surface area (Å²) in [6, 6.07) is 4.08. The van der Waals surface area contributed by atoms with Gasteiger partial charge in [-0.2, -0.15) is 0 Å². The minimum Gasteiger partial charge on any atom is -0.495 e. The standard InChI is InChI=1S/C14H20BrNO2/c1-4-18-12-9-13(17-3)11(15)8-10(12)14(2)6-5-7-16-14/h8-9,16H,4-7H2,1-3H3. The van der Waals surface area contributed by atoms with Crippen LogP contribution in [0.25, 0.3) is 0 Å². The summed E-state index contributed by atoms with van der Waals surface area (Å²) in [7, 11) is 1.67. The molecule has 1 saturated heterocycles. The minimum absolute atomic E-state index is 0.000700. The average Bonchev–Trinajstić information content (AvgIpc) is 2.79. The maximum absolute atomic E-state index is 5.77. The molecule has 0 amide bonds. The van der Waals surface area contributed by atoms with E-state index in [1.54, 1.807) is 7.11 Å². The highest BCUT2D eigenvalue weighted by Crippen LogP contribution is 2.41. The lowest BCUT2D eigenvalue weighted by Gasteiger charge is -2.28. The number of halogens is 1.